The van der Waals surface area contributed by atoms with Crippen LogP contribution in [0.5, 0.6) is 0 Å². The van der Waals surface area contributed by atoms with Gasteiger partial charge in [0.05, 0.1) is 6.10 Å². The normalized spacial score (nSPS) is 21.2. The molecule has 1 fully saturated rings. The van der Waals surface area contributed by atoms with Crippen molar-refractivity contribution in [2.75, 3.05) is 26.2 Å². The predicted molar refractivity (Wildman–Crippen MR) is 84.3 cm³/mol. The maximum Gasteiger partial charge on any atom is 0.410 e. The molecule has 124 valence electrons. The van der Waals surface area contributed by atoms with E-state index in [-0.39, 0.29) is 12.2 Å². The number of aliphatic hydroxyl groups excluding tert-OH is 1. The molecule has 1 rings (SSSR count). The first-order valence-corrected chi connectivity index (χ1v) is 8.18. The van der Waals surface area contributed by atoms with Crippen LogP contribution in [0, 0.1) is 5.92 Å². The van der Waals surface area contributed by atoms with Crippen LogP contribution in [0.3, 0.4) is 0 Å². The quantitative estimate of drug-likeness (QED) is 0.739. The number of carbonyl (C=O) groups excluding carboxylic acids is 1. The van der Waals surface area contributed by atoms with Gasteiger partial charge in [-0.15, -0.1) is 0 Å². The molecule has 1 heterocycles. The molecule has 0 radical (unpaired) electrons. The fraction of sp³-hybridized carbons (Fsp3) is 0.938. The number of nitrogens with zero attached hydrogens (tertiary/aromatic N) is 1. The fourth-order valence-corrected chi connectivity index (χ4v) is 2.50. The van der Waals surface area contributed by atoms with Crippen LogP contribution in [-0.4, -0.2) is 54.0 Å². The number of aliphatic hydroxyl groups is 1. The van der Waals surface area contributed by atoms with Crippen molar-refractivity contribution in [3.63, 3.8) is 0 Å². The SMILES string of the molecule is CCC(O)CCNCC1CCCN(C(=O)OC(C)(C)C)C1. The average molecular weight is 300 g/mol. The summed E-state index contributed by atoms with van der Waals surface area (Å²) in [6, 6.07) is 0. The maximum absolute atomic E-state index is 12.1. The van der Waals surface area contributed by atoms with Crippen molar-refractivity contribution in [2.45, 2.75) is 65.1 Å². The summed E-state index contributed by atoms with van der Waals surface area (Å²) in [7, 11) is 0. The minimum absolute atomic E-state index is 0.200. The Morgan fingerprint density at radius 1 is 1.48 bits per heavy atom. The van der Waals surface area contributed by atoms with E-state index >= 15 is 0 Å². The van der Waals surface area contributed by atoms with Gasteiger partial charge in [0, 0.05) is 13.1 Å². The molecule has 2 unspecified atom stereocenters. The Bertz CT molecular complexity index is 315. The lowest BCUT2D eigenvalue weighted by atomic mass is 9.98. The van der Waals surface area contributed by atoms with Gasteiger partial charge in [-0.1, -0.05) is 6.92 Å². The first-order valence-electron chi connectivity index (χ1n) is 8.18. The van der Waals surface area contributed by atoms with E-state index in [4.69, 9.17) is 4.74 Å². The number of amides is 1. The van der Waals surface area contributed by atoms with E-state index in [9.17, 15) is 9.90 Å². The van der Waals surface area contributed by atoms with Crippen LogP contribution >= 0.6 is 0 Å². The van der Waals surface area contributed by atoms with Gasteiger partial charge in [0.15, 0.2) is 0 Å². The number of hydrogen-bond acceptors (Lipinski definition) is 4. The summed E-state index contributed by atoms with van der Waals surface area (Å²) in [5.74, 6) is 0.477. The molecule has 0 aromatic carbocycles. The summed E-state index contributed by atoms with van der Waals surface area (Å²) in [5.41, 5.74) is -0.432. The standard InChI is InChI=1S/C16H32N2O3/c1-5-14(19)8-9-17-11-13-7-6-10-18(12-13)15(20)21-16(2,3)4/h13-14,17,19H,5-12H2,1-4H3. The van der Waals surface area contributed by atoms with Crippen molar-refractivity contribution in [3.8, 4) is 0 Å². The first-order chi connectivity index (χ1) is 9.81. The summed E-state index contributed by atoms with van der Waals surface area (Å²) in [5, 5.41) is 12.9. The van der Waals surface area contributed by atoms with Crippen LogP contribution in [0.25, 0.3) is 0 Å². The van der Waals surface area contributed by atoms with Crippen molar-refractivity contribution < 1.29 is 14.6 Å². The zero-order chi connectivity index (χ0) is 15.9. The Balaban J connectivity index is 2.27. The van der Waals surface area contributed by atoms with Crippen LogP contribution in [0.15, 0.2) is 0 Å². The molecule has 0 saturated carbocycles. The molecule has 5 heteroatoms. The highest BCUT2D eigenvalue weighted by atomic mass is 16.6. The van der Waals surface area contributed by atoms with Crippen LogP contribution in [-0.2, 0) is 4.74 Å². The highest BCUT2D eigenvalue weighted by molar-refractivity contribution is 5.68. The lowest BCUT2D eigenvalue weighted by molar-refractivity contribution is 0.0166. The monoisotopic (exact) mass is 300 g/mol. The number of likely N-dealkylation sites (tertiary alicyclic amines) is 1. The number of rotatable bonds is 6. The molecule has 0 spiro atoms. The summed E-state index contributed by atoms with van der Waals surface area (Å²) in [6.07, 6.45) is 3.36. The smallest absolute Gasteiger partial charge is 0.410 e. The maximum atomic E-state index is 12.1. The summed E-state index contributed by atoms with van der Waals surface area (Å²) in [4.78, 5) is 13.9. The molecule has 21 heavy (non-hydrogen) atoms. The Hall–Kier alpha value is -0.810. The number of carbonyl (C=O) groups is 1. The molecule has 5 nitrogen and oxygen atoms in total. The van der Waals surface area contributed by atoms with E-state index in [2.05, 4.69) is 5.32 Å². The zero-order valence-electron chi connectivity index (χ0n) is 14.0. The van der Waals surface area contributed by atoms with Crippen LogP contribution in [0.2, 0.25) is 0 Å². The van der Waals surface area contributed by atoms with Crippen LogP contribution < -0.4 is 5.32 Å². The number of hydrogen-bond donors (Lipinski definition) is 2. The van der Waals surface area contributed by atoms with Gasteiger partial charge in [0.1, 0.15) is 5.60 Å². The van der Waals surface area contributed by atoms with E-state index in [0.29, 0.717) is 5.92 Å². The van der Waals surface area contributed by atoms with Crippen molar-refractivity contribution in [3.05, 3.63) is 0 Å². The third kappa shape index (κ3) is 7.67. The number of nitrogens with one attached hydrogen (secondary N) is 1. The minimum atomic E-state index is -0.432. The Morgan fingerprint density at radius 3 is 2.81 bits per heavy atom. The van der Waals surface area contributed by atoms with Gasteiger partial charge in [-0.3, -0.25) is 0 Å². The van der Waals surface area contributed by atoms with Crippen molar-refractivity contribution >= 4 is 6.09 Å². The van der Waals surface area contributed by atoms with Gasteiger partial charge in [-0.25, -0.2) is 4.79 Å². The minimum Gasteiger partial charge on any atom is -0.444 e. The van der Waals surface area contributed by atoms with Gasteiger partial charge in [-0.05, 0) is 65.5 Å². The molecule has 2 N–H and O–H groups in total. The van der Waals surface area contributed by atoms with Crippen molar-refractivity contribution in [1.82, 2.24) is 10.2 Å². The Labute approximate surface area is 129 Å². The molecule has 1 aliphatic rings. The average Bonchev–Trinajstić information content (AvgIpc) is 2.41. The second kappa shape index (κ2) is 8.59. The van der Waals surface area contributed by atoms with E-state index in [1.54, 1.807) is 0 Å². The van der Waals surface area contributed by atoms with E-state index < -0.39 is 5.60 Å². The van der Waals surface area contributed by atoms with Crippen LogP contribution in [0.4, 0.5) is 4.79 Å². The molecule has 0 aliphatic carbocycles. The molecular formula is C16H32N2O3. The zero-order valence-corrected chi connectivity index (χ0v) is 14.0. The van der Waals surface area contributed by atoms with Gasteiger partial charge in [0.25, 0.3) is 0 Å². The molecule has 0 aromatic heterocycles. The Kier molecular flexibility index (Phi) is 7.46. The first kappa shape index (κ1) is 18.2. The van der Waals surface area contributed by atoms with Crippen molar-refractivity contribution in [2.24, 2.45) is 5.92 Å². The third-order valence-corrected chi connectivity index (χ3v) is 3.73. The molecular weight excluding hydrogens is 268 g/mol. The molecule has 1 aliphatic heterocycles. The van der Waals surface area contributed by atoms with Crippen LogP contribution in [0.1, 0.15) is 53.4 Å². The summed E-state index contributed by atoms with van der Waals surface area (Å²) >= 11 is 0. The fourth-order valence-electron chi connectivity index (χ4n) is 2.50. The van der Waals surface area contributed by atoms with Gasteiger partial charge in [-0.2, -0.15) is 0 Å². The molecule has 1 amide bonds. The molecule has 0 bridgehead atoms. The van der Waals surface area contributed by atoms with Gasteiger partial charge < -0.3 is 20.1 Å². The van der Waals surface area contributed by atoms with Crippen molar-refractivity contribution in [1.29, 1.82) is 0 Å². The molecule has 1 saturated heterocycles. The Morgan fingerprint density at radius 2 is 2.19 bits per heavy atom. The second-order valence-corrected chi connectivity index (χ2v) is 6.99. The number of piperidine rings is 1. The molecule has 2 atom stereocenters. The number of ether oxygens (including phenoxy) is 1. The van der Waals surface area contributed by atoms with E-state index in [0.717, 1.165) is 51.9 Å². The van der Waals surface area contributed by atoms with E-state index in [1.165, 1.54) is 0 Å². The summed E-state index contributed by atoms with van der Waals surface area (Å²) in [6.45, 7) is 11.0. The lowest BCUT2D eigenvalue weighted by Crippen LogP contribution is -2.45. The van der Waals surface area contributed by atoms with Gasteiger partial charge in [0.2, 0.25) is 0 Å². The molecule has 0 aromatic rings. The largest absolute Gasteiger partial charge is 0.444 e. The third-order valence-electron chi connectivity index (χ3n) is 3.73. The van der Waals surface area contributed by atoms with E-state index in [1.807, 2.05) is 32.6 Å². The van der Waals surface area contributed by atoms with Gasteiger partial charge >= 0.3 is 6.09 Å². The highest BCUT2D eigenvalue weighted by Gasteiger charge is 2.27. The summed E-state index contributed by atoms with van der Waals surface area (Å²) < 4.78 is 5.43. The predicted octanol–water partition coefficient (Wildman–Crippen LogP) is 2.38. The lowest BCUT2D eigenvalue weighted by Gasteiger charge is -2.34. The topological polar surface area (TPSA) is 61.8 Å². The highest BCUT2D eigenvalue weighted by Crippen LogP contribution is 2.18. The second-order valence-electron chi connectivity index (χ2n) is 6.99.